The van der Waals surface area contributed by atoms with E-state index >= 15 is 0 Å². The van der Waals surface area contributed by atoms with Crippen LogP contribution in [0.2, 0.25) is 10.0 Å². The summed E-state index contributed by atoms with van der Waals surface area (Å²) in [5, 5.41) is 12.8. The molecule has 0 amide bonds. The van der Waals surface area contributed by atoms with Crippen LogP contribution in [0.3, 0.4) is 0 Å². The number of ether oxygens (including phenoxy) is 3. The molecule has 4 heterocycles. The average molecular weight is 936 g/mol. The van der Waals surface area contributed by atoms with Gasteiger partial charge in [-0.25, -0.2) is 9.59 Å². The molecule has 0 radical (unpaired) electrons. The van der Waals surface area contributed by atoms with Crippen LogP contribution in [-0.2, 0) is 40.1 Å². The number of carboxylic acids is 1. The zero-order valence-electron chi connectivity index (χ0n) is 37.4. The largest absolute Gasteiger partial charge is 0.478 e. The fourth-order valence-electron chi connectivity index (χ4n) is 9.08. The summed E-state index contributed by atoms with van der Waals surface area (Å²) in [6.45, 7) is 8.45. The summed E-state index contributed by atoms with van der Waals surface area (Å²) in [4.78, 5) is 28.6. The van der Waals surface area contributed by atoms with E-state index in [0.717, 1.165) is 98.9 Å². The second-order valence-corrected chi connectivity index (χ2v) is 17.8. The van der Waals surface area contributed by atoms with E-state index < -0.39 is 5.97 Å². The molecule has 67 heavy (non-hydrogen) atoms. The van der Waals surface area contributed by atoms with Crippen LogP contribution >= 0.6 is 23.2 Å². The Balaban J connectivity index is 0.000000168. The van der Waals surface area contributed by atoms with Crippen molar-refractivity contribution in [1.29, 1.82) is 0 Å². The van der Waals surface area contributed by atoms with Gasteiger partial charge < -0.3 is 38.3 Å². The Morgan fingerprint density at radius 3 is 1.48 bits per heavy atom. The monoisotopic (exact) mass is 934 g/mol. The zero-order chi connectivity index (χ0) is 46.3. The van der Waals surface area contributed by atoms with Crippen molar-refractivity contribution in [2.75, 3.05) is 69.5 Å². The third-order valence-electron chi connectivity index (χ3n) is 12.5. The molecule has 0 unspecified atom stereocenters. The fourth-order valence-corrected chi connectivity index (χ4v) is 9.42. The SMILES string of the molecule is COC(=O)c1cc(Cl)ccc1Cc1ccc2c(ccn2Cc2cccc(N3CCOCC3)c2)c1.O=C(O)c1cc(Cl)ccc1Cc1ccc2c(ccn2Cc2cccc(N3CCOCC3)c2)c1. The summed E-state index contributed by atoms with van der Waals surface area (Å²) in [6.07, 6.45) is 5.42. The van der Waals surface area contributed by atoms with Crippen molar-refractivity contribution in [3.63, 3.8) is 0 Å². The number of hydrogen-bond donors (Lipinski definition) is 1. The summed E-state index contributed by atoms with van der Waals surface area (Å²) >= 11 is 12.1. The predicted octanol–water partition coefficient (Wildman–Crippen LogP) is 11.0. The molecule has 2 aromatic heterocycles. The van der Waals surface area contributed by atoms with Crippen LogP contribution in [0.15, 0.2) is 146 Å². The van der Waals surface area contributed by atoms with Crippen LogP contribution in [0.1, 0.15) is 54.1 Å². The Morgan fingerprint density at radius 2 is 1.01 bits per heavy atom. The van der Waals surface area contributed by atoms with Gasteiger partial charge in [0.15, 0.2) is 0 Å². The Bertz CT molecular complexity index is 3040. The predicted molar refractivity (Wildman–Crippen MR) is 268 cm³/mol. The van der Waals surface area contributed by atoms with Crippen molar-refractivity contribution in [1.82, 2.24) is 9.13 Å². The lowest BCUT2D eigenvalue weighted by molar-refractivity contribution is 0.0598. The quantitative estimate of drug-likeness (QED) is 0.121. The molecule has 0 atom stereocenters. The molecular formula is C55H52Cl2N4O6. The van der Waals surface area contributed by atoms with Crippen molar-refractivity contribution in [3.8, 4) is 0 Å². The average Bonchev–Trinajstić information content (AvgIpc) is 3.95. The van der Waals surface area contributed by atoms with E-state index in [1.807, 2.05) is 12.1 Å². The first kappa shape index (κ1) is 45.6. The number of benzene rings is 6. The lowest BCUT2D eigenvalue weighted by Crippen LogP contribution is -2.36. The highest BCUT2D eigenvalue weighted by molar-refractivity contribution is 6.31. The highest BCUT2D eigenvalue weighted by Crippen LogP contribution is 2.27. The van der Waals surface area contributed by atoms with Crippen LogP contribution in [0.25, 0.3) is 21.8 Å². The standard InChI is InChI=1S/C28H27ClN2O3.C27H25ClN2O3/c1-33-28(32)26-18-24(29)7-6-22(26)15-20-5-8-27-23(16-20)9-10-31(27)19-21-3-2-4-25(17-21)30-11-13-34-14-12-30;28-23-6-5-21(25(17-23)27(31)32)14-19-4-7-26-22(15-19)8-9-30(26)18-20-2-1-3-24(16-20)29-10-12-33-13-11-29/h2-10,16-18H,11-15,19H2,1H3;1-9,15-17H,10-14,18H2,(H,31,32). The third kappa shape index (κ3) is 11.0. The molecule has 8 aromatic rings. The van der Waals surface area contributed by atoms with Crippen LogP contribution in [0.5, 0.6) is 0 Å². The fraction of sp³-hybridized carbons (Fsp3) is 0.236. The van der Waals surface area contributed by atoms with E-state index in [0.29, 0.717) is 28.5 Å². The van der Waals surface area contributed by atoms with Gasteiger partial charge in [-0.15, -0.1) is 0 Å². The van der Waals surface area contributed by atoms with E-state index in [2.05, 4.69) is 128 Å². The Labute approximate surface area is 400 Å². The number of carboxylic acid groups (broad SMARTS) is 1. The number of rotatable bonds is 12. The number of anilines is 2. The molecule has 2 aliphatic rings. The lowest BCUT2D eigenvalue weighted by Gasteiger charge is -2.29. The van der Waals surface area contributed by atoms with Gasteiger partial charge in [0.1, 0.15) is 0 Å². The molecule has 6 aromatic carbocycles. The van der Waals surface area contributed by atoms with Gasteiger partial charge in [0.2, 0.25) is 0 Å². The number of esters is 1. The van der Waals surface area contributed by atoms with Crippen LogP contribution in [0.4, 0.5) is 11.4 Å². The van der Waals surface area contributed by atoms with Gasteiger partial charge in [0, 0.05) is 84.1 Å². The van der Waals surface area contributed by atoms with Crippen LogP contribution in [0, 0.1) is 0 Å². The molecule has 12 heteroatoms. The minimum atomic E-state index is -0.959. The lowest BCUT2D eigenvalue weighted by atomic mass is 9.99. The maximum absolute atomic E-state index is 12.2. The molecule has 0 spiro atoms. The summed E-state index contributed by atoms with van der Waals surface area (Å²) < 4.78 is 20.4. The van der Waals surface area contributed by atoms with Crippen molar-refractivity contribution in [2.24, 2.45) is 0 Å². The Hall–Kier alpha value is -6.56. The number of halogens is 2. The molecular weight excluding hydrogens is 884 g/mol. The first-order valence-electron chi connectivity index (χ1n) is 22.5. The van der Waals surface area contributed by atoms with E-state index in [1.165, 1.54) is 46.6 Å². The van der Waals surface area contributed by atoms with Gasteiger partial charge in [0.25, 0.3) is 0 Å². The summed E-state index contributed by atoms with van der Waals surface area (Å²) in [5.41, 5.74) is 12.0. The van der Waals surface area contributed by atoms with Gasteiger partial charge in [-0.3, -0.25) is 0 Å². The smallest absolute Gasteiger partial charge is 0.338 e. The van der Waals surface area contributed by atoms with Crippen LogP contribution < -0.4 is 9.80 Å². The zero-order valence-corrected chi connectivity index (χ0v) is 38.9. The summed E-state index contributed by atoms with van der Waals surface area (Å²) in [6, 6.07) is 45.0. The second-order valence-electron chi connectivity index (χ2n) is 17.0. The molecule has 0 saturated carbocycles. The van der Waals surface area contributed by atoms with E-state index in [4.69, 9.17) is 37.4 Å². The normalized spacial score (nSPS) is 14.0. The first-order chi connectivity index (χ1) is 32.7. The number of methoxy groups -OCH3 is 1. The van der Waals surface area contributed by atoms with Gasteiger partial charge in [-0.05, 0) is 142 Å². The van der Waals surface area contributed by atoms with Crippen molar-refractivity contribution < 1.29 is 28.9 Å². The number of hydrogen-bond acceptors (Lipinski definition) is 7. The highest BCUT2D eigenvalue weighted by Gasteiger charge is 2.17. The first-order valence-corrected chi connectivity index (χ1v) is 23.3. The minimum absolute atomic E-state index is 0.250. The number of nitrogens with zero attached hydrogens (tertiary/aromatic N) is 4. The molecule has 1 N–H and O–H groups in total. The number of carbonyl (C=O) groups excluding carboxylic acids is 1. The molecule has 10 nitrogen and oxygen atoms in total. The topological polar surface area (TPSA) is 98.4 Å². The van der Waals surface area contributed by atoms with Crippen molar-refractivity contribution in [2.45, 2.75) is 25.9 Å². The van der Waals surface area contributed by atoms with Gasteiger partial charge in [-0.1, -0.05) is 71.7 Å². The summed E-state index contributed by atoms with van der Waals surface area (Å²) in [5.74, 6) is -1.33. The van der Waals surface area contributed by atoms with Crippen LogP contribution in [-0.4, -0.2) is 85.9 Å². The minimum Gasteiger partial charge on any atom is -0.478 e. The molecule has 2 aliphatic heterocycles. The third-order valence-corrected chi connectivity index (χ3v) is 13.0. The van der Waals surface area contributed by atoms with E-state index in [1.54, 1.807) is 18.2 Å². The molecule has 2 saturated heterocycles. The van der Waals surface area contributed by atoms with Crippen molar-refractivity contribution in [3.05, 3.63) is 200 Å². The molecule has 0 aliphatic carbocycles. The molecule has 2 fully saturated rings. The maximum Gasteiger partial charge on any atom is 0.338 e. The van der Waals surface area contributed by atoms with Gasteiger partial charge in [0.05, 0.1) is 44.7 Å². The number of carbonyl (C=O) groups is 2. The van der Waals surface area contributed by atoms with Crippen molar-refractivity contribution >= 4 is 68.3 Å². The van der Waals surface area contributed by atoms with Gasteiger partial charge in [-0.2, -0.15) is 0 Å². The maximum atomic E-state index is 12.2. The van der Waals surface area contributed by atoms with E-state index in [-0.39, 0.29) is 11.5 Å². The molecule has 342 valence electrons. The van der Waals surface area contributed by atoms with E-state index in [9.17, 15) is 14.7 Å². The Morgan fingerprint density at radius 1 is 0.552 bits per heavy atom. The second kappa shape index (κ2) is 20.9. The molecule has 0 bridgehead atoms. The number of morpholine rings is 2. The number of fused-ring (bicyclic) bond motifs is 2. The highest BCUT2D eigenvalue weighted by atomic mass is 35.5. The Kier molecular flexibility index (Phi) is 14.3. The number of aromatic carboxylic acids is 1. The molecule has 10 rings (SSSR count). The summed E-state index contributed by atoms with van der Waals surface area (Å²) in [7, 11) is 1.39. The van der Waals surface area contributed by atoms with Gasteiger partial charge >= 0.3 is 11.9 Å². The number of aromatic nitrogens is 2.